The van der Waals surface area contributed by atoms with Crippen molar-refractivity contribution in [3.8, 4) is 22.5 Å². The van der Waals surface area contributed by atoms with Crippen LogP contribution in [0.3, 0.4) is 0 Å². The minimum Gasteiger partial charge on any atom is -0.378 e. The fourth-order valence-electron chi connectivity index (χ4n) is 4.34. The van der Waals surface area contributed by atoms with Gasteiger partial charge in [0.25, 0.3) is 5.62 Å². The summed E-state index contributed by atoms with van der Waals surface area (Å²) in [6.45, 7) is 4.81. The molecular formula is C24H22ClN7O. The number of rotatable bonds is 3. The van der Waals surface area contributed by atoms with Crippen LogP contribution in [-0.2, 0) is 11.3 Å². The van der Waals surface area contributed by atoms with Gasteiger partial charge in [0.05, 0.1) is 25.1 Å². The van der Waals surface area contributed by atoms with E-state index in [1.165, 1.54) is 0 Å². The number of fused-ring (bicyclic) bond motifs is 3. The molecule has 2 aromatic rings. The fraction of sp³-hybridized carbons (Fsp3) is 0.250. The van der Waals surface area contributed by atoms with E-state index in [2.05, 4.69) is 35.8 Å². The standard InChI is InChI=1S/C24H22ClN7O/c25-20-4-2-1-3-18(20)19-13-16-14-28-24(30-22(16)32-8-7-26-23(19)32)29-17-5-6-21(27-15-17)31-9-11-33-12-10-31/h1-6,13-15,26H,7-12H2. The third-order valence-corrected chi connectivity index (χ3v) is 6.28. The van der Waals surface area contributed by atoms with Crippen LogP contribution < -0.4 is 15.8 Å². The smallest absolute Gasteiger partial charge is 0.251 e. The van der Waals surface area contributed by atoms with Gasteiger partial charge in [0.1, 0.15) is 17.5 Å². The maximum absolute atomic E-state index is 6.49. The van der Waals surface area contributed by atoms with Crippen molar-refractivity contribution in [2.24, 2.45) is 4.99 Å². The topological polar surface area (TPSA) is 80.5 Å². The number of morpholine rings is 1. The molecular weight excluding hydrogens is 438 g/mol. The first-order valence-corrected chi connectivity index (χ1v) is 11.4. The molecule has 0 bridgehead atoms. The number of hydrogen-bond acceptors (Lipinski definition) is 7. The highest BCUT2D eigenvalue weighted by molar-refractivity contribution is 6.33. The fourth-order valence-corrected chi connectivity index (χ4v) is 4.58. The Hall–Kier alpha value is -3.49. The molecule has 33 heavy (non-hydrogen) atoms. The molecule has 1 N–H and O–H groups in total. The molecule has 0 saturated carbocycles. The summed E-state index contributed by atoms with van der Waals surface area (Å²) in [4.78, 5) is 20.7. The van der Waals surface area contributed by atoms with Crippen molar-refractivity contribution in [1.82, 2.24) is 19.5 Å². The third kappa shape index (κ3) is 3.81. The van der Waals surface area contributed by atoms with E-state index in [1.54, 1.807) is 6.20 Å². The molecule has 0 radical (unpaired) electrons. The number of aromatic nitrogens is 4. The summed E-state index contributed by atoms with van der Waals surface area (Å²) >= 11 is 6.49. The van der Waals surface area contributed by atoms with E-state index in [0.717, 1.165) is 79.2 Å². The van der Waals surface area contributed by atoms with Gasteiger partial charge in [-0.2, -0.15) is 4.98 Å². The lowest BCUT2D eigenvalue weighted by atomic mass is 10.0. The second-order valence-electron chi connectivity index (χ2n) is 8.00. The van der Waals surface area contributed by atoms with Crippen molar-refractivity contribution in [3.05, 3.63) is 65.5 Å². The monoisotopic (exact) mass is 459 g/mol. The summed E-state index contributed by atoms with van der Waals surface area (Å²) < 4.78 is 7.59. The predicted octanol–water partition coefficient (Wildman–Crippen LogP) is 3.59. The lowest BCUT2D eigenvalue weighted by Gasteiger charge is -2.27. The SMILES string of the molecule is Clc1ccccc1-c1cc2cnc(=Nc3ccc(N4CCOCC4)nc3)nc-2n2c1NCC2. The zero-order valence-electron chi connectivity index (χ0n) is 17.9. The Bertz CT molecular complexity index is 1350. The van der Waals surface area contributed by atoms with Crippen LogP contribution in [0.25, 0.3) is 22.5 Å². The Balaban J connectivity index is 1.38. The lowest BCUT2D eigenvalue weighted by Crippen LogP contribution is -2.36. The van der Waals surface area contributed by atoms with E-state index in [-0.39, 0.29) is 0 Å². The Morgan fingerprint density at radius 2 is 1.85 bits per heavy atom. The molecule has 4 aliphatic heterocycles. The van der Waals surface area contributed by atoms with Gasteiger partial charge < -0.3 is 19.5 Å². The van der Waals surface area contributed by atoms with Crippen molar-refractivity contribution in [1.29, 1.82) is 0 Å². The average molecular weight is 460 g/mol. The quantitative estimate of drug-likeness (QED) is 0.504. The normalized spacial score (nSPS) is 16.2. The number of anilines is 2. The number of pyridine rings is 2. The van der Waals surface area contributed by atoms with E-state index in [1.807, 2.05) is 42.6 Å². The first kappa shape index (κ1) is 20.1. The molecule has 1 aromatic carbocycles. The second kappa shape index (κ2) is 8.46. The van der Waals surface area contributed by atoms with Gasteiger partial charge in [0.15, 0.2) is 0 Å². The van der Waals surface area contributed by atoms with Gasteiger partial charge in [-0.25, -0.2) is 15.0 Å². The van der Waals surface area contributed by atoms with Crippen molar-refractivity contribution >= 4 is 28.9 Å². The van der Waals surface area contributed by atoms with Crippen LogP contribution in [0.15, 0.2) is 59.9 Å². The molecule has 4 aliphatic rings. The maximum Gasteiger partial charge on any atom is 0.251 e. The van der Waals surface area contributed by atoms with Crippen molar-refractivity contribution in [2.75, 3.05) is 43.1 Å². The number of ether oxygens (including phenoxy) is 1. The van der Waals surface area contributed by atoms with Gasteiger partial charge in [-0.1, -0.05) is 29.8 Å². The maximum atomic E-state index is 6.49. The molecule has 0 unspecified atom stereocenters. The Morgan fingerprint density at radius 1 is 0.970 bits per heavy atom. The van der Waals surface area contributed by atoms with Crippen LogP contribution in [0.2, 0.25) is 5.02 Å². The zero-order chi connectivity index (χ0) is 22.2. The molecule has 0 spiro atoms. The Labute approximate surface area is 195 Å². The minimum atomic E-state index is 0.413. The van der Waals surface area contributed by atoms with Gasteiger partial charge in [-0.15, -0.1) is 0 Å². The summed E-state index contributed by atoms with van der Waals surface area (Å²) in [7, 11) is 0. The van der Waals surface area contributed by atoms with Gasteiger partial charge in [0, 0.05) is 54.1 Å². The predicted molar refractivity (Wildman–Crippen MR) is 128 cm³/mol. The molecule has 1 fully saturated rings. The van der Waals surface area contributed by atoms with Crippen LogP contribution in [0.4, 0.5) is 17.3 Å². The van der Waals surface area contributed by atoms with Crippen LogP contribution in [0.1, 0.15) is 0 Å². The number of hydrogen-bond donors (Lipinski definition) is 1. The Kier molecular flexibility index (Phi) is 5.16. The highest BCUT2D eigenvalue weighted by Gasteiger charge is 2.23. The molecule has 0 amide bonds. The minimum absolute atomic E-state index is 0.413. The average Bonchev–Trinajstić information content (AvgIpc) is 3.36. The molecule has 1 saturated heterocycles. The van der Waals surface area contributed by atoms with E-state index >= 15 is 0 Å². The second-order valence-corrected chi connectivity index (χ2v) is 8.41. The lowest BCUT2D eigenvalue weighted by molar-refractivity contribution is 0.122. The summed E-state index contributed by atoms with van der Waals surface area (Å²) in [5.74, 6) is 2.79. The number of halogens is 1. The number of nitrogens with one attached hydrogen (secondary N) is 1. The van der Waals surface area contributed by atoms with Gasteiger partial charge in [-0.3, -0.25) is 0 Å². The summed E-state index contributed by atoms with van der Waals surface area (Å²) in [5.41, 5.74) is 4.10. The Morgan fingerprint density at radius 3 is 2.67 bits per heavy atom. The molecule has 6 rings (SSSR count). The van der Waals surface area contributed by atoms with Crippen LogP contribution in [0.5, 0.6) is 0 Å². The first-order chi connectivity index (χ1) is 16.3. The van der Waals surface area contributed by atoms with E-state index < -0.39 is 0 Å². The zero-order valence-corrected chi connectivity index (χ0v) is 18.7. The molecule has 9 heteroatoms. The van der Waals surface area contributed by atoms with Crippen molar-refractivity contribution in [3.63, 3.8) is 0 Å². The van der Waals surface area contributed by atoms with Gasteiger partial charge in [0.2, 0.25) is 0 Å². The van der Waals surface area contributed by atoms with Gasteiger partial charge in [-0.05, 0) is 24.3 Å². The molecule has 8 nitrogen and oxygen atoms in total. The van der Waals surface area contributed by atoms with E-state index in [4.69, 9.17) is 21.3 Å². The first-order valence-electron chi connectivity index (χ1n) is 11.0. The van der Waals surface area contributed by atoms with Crippen LogP contribution in [-0.4, -0.2) is 52.4 Å². The largest absolute Gasteiger partial charge is 0.378 e. The molecule has 5 heterocycles. The molecule has 1 aromatic heterocycles. The summed E-state index contributed by atoms with van der Waals surface area (Å²) in [6.07, 6.45) is 3.58. The van der Waals surface area contributed by atoms with Gasteiger partial charge >= 0.3 is 0 Å². The van der Waals surface area contributed by atoms with Crippen molar-refractivity contribution < 1.29 is 4.74 Å². The van der Waals surface area contributed by atoms with E-state index in [0.29, 0.717) is 10.6 Å². The van der Waals surface area contributed by atoms with E-state index in [9.17, 15) is 0 Å². The molecule has 0 aliphatic carbocycles. The van der Waals surface area contributed by atoms with Crippen molar-refractivity contribution in [2.45, 2.75) is 6.54 Å². The van der Waals surface area contributed by atoms with Crippen LogP contribution >= 0.6 is 11.6 Å². The highest BCUT2D eigenvalue weighted by atomic mass is 35.5. The molecule has 0 atom stereocenters. The summed E-state index contributed by atoms with van der Waals surface area (Å²) in [5, 5.41) is 4.20. The number of nitrogens with zero attached hydrogens (tertiary/aromatic N) is 6. The summed E-state index contributed by atoms with van der Waals surface area (Å²) in [6, 6.07) is 13.9. The number of benzene rings is 1. The molecule has 166 valence electrons. The van der Waals surface area contributed by atoms with Crippen LogP contribution in [0, 0.1) is 0 Å². The highest BCUT2D eigenvalue weighted by Crippen LogP contribution is 2.39. The third-order valence-electron chi connectivity index (χ3n) is 5.95.